The molecule has 5 rings (SSSR count). The Labute approximate surface area is 227 Å². The number of nitrogens with zero attached hydrogens (tertiary/aromatic N) is 1. The lowest BCUT2D eigenvalue weighted by Crippen LogP contribution is -2.10. The number of ether oxygens (including phenoxy) is 3. The third kappa shape index (κ3) is 5.46. The van der Waals surface area contributed by atoms with E-state index in [0.29, 0.717) is 31.8 Å². The smallest absolute Gasteiger partial charge is 0.363 e. The van der Waals surface area contributed by atoms with E-state index in [2.05, 4.69) is 27.6 Å². The molecule has 0 saturated carbocycles. The topological polar surface area (TPSA) is 74.2 Å². The quantitative estimate of drug-likeness (QED) is 0.109. The molecule has 4 aromatic rings. The lowest BCUT2D eigenvalue weighted by molar-refractivity contribution is -0.129. The zero-order chi connectivity index (χ0) is 25.8. The first kappa shape index (κ1) is 24.5. The normalized spacial score (nSPS) is 13.7. The van der Waals surface area contributed by atoms with Gasteiger partial charge in [0.2, 0.25) is 5.90 Å². The van der Waals surface area contributed by atoms with Crippen LogP contribution in [-0.4, -0.2) is 24.9 Å². The molecule has 0 fully saturated rings. The standard InChI is InChI=1S/C30H20INO5/c1-35-26-18-19(16-24(31)27(26)36-29(33)23-10-6-3-7-11-23)17-25-30(34)37-28(32-25)22-14-12-21(13-15-22)20-8-4-2-5-9-20/h2-18H,1H3/b25-17-. The number of hydrogen-bond acceptors (Lipinski definition) is 6. The maximum Gasteiger partial charge on any atom is 0.363 e. The van der Waals surface area contributed by atoms with Crippen molar-refractivity contribution >= 4 is 46.5 Å². The summed E-state index contributed by atoms with van der Waals surface area (Å²) in [5.41, 5.74) is 4.10. The first-order chi connectivity index (χ1) is 18.0. The van der Waals surface area contributed by atoms with Crippen LogP contribution in [-0.2, 0) is 9.53 Å². The summed E-state index contributed by atoms with van der Waals surface area (Å²) < 4.78 is 17.1. The largest absolute Gasteiger partial charge is 0.493 e. The fourth-order valence-electron chi connectivity index (χ4n) is 3.77. The van der Waals surface area contributed by atoms with Gasteiger partial charge in [0.1, 0.15) is 0 Å². The summed E-state index contributed by atoms with van der Waals surface area (Å²) in [6.07, 6.45) is 1.61. The molecule has 0 N–H and O–H groups in total. The van der Waals surface area contributed by atoms with Crippen LogP contribution in [0.2, 0.25) is 0 Å². The molecule has 0 aliphatic carbocycles. The minimum atomic E-state index is -0.546. The van der Waals surface area contributed by atoms with E-state index >= 15 is 0 Å². The van der Waals surface area contributed by atoms with Crippen molar-refractivity contribution in [1.29, 1.82) is 0 Å². The molecule has 182 valence electrons. The first-order valence-electron chi connectivity index (χ1n) is 11.3. The van der Waals surface area contributed by atoms with Gasteiger partial charge in [-0.3, -0.25) is 0 Å². The van der Waals surface area contributed by atoms with Gasteiger partial charge in [-0.05, 0) is 81.8 Å². The van der Waals surface area contributed by atoms with Gasteiger partial charge in [-0.1, -0.05) is 60.7 Å². The van der Waals surface area contributed by atoms with Gasteiger partial charge < -0.3 is 14.2 Å². The van der Waals surface area contributed by atoms with Crippen LogP contribution in [0.3, 0.4) is 0 Å². The van der Waals surface area contributed by atoms with E-state index in [1.54, 1.807) is 42.5 Å². The maximum absolute atomic E-state index is 12.6. The molecule has 1 aliphatic rings. The molecule has 0 bridgehead atoms. The Hall–Kier alpha value is -4.24. The summed E-state index contributed by atoms with van der Waals surface area (Å²) in [7, 11) is 1.49. The van der Waals surface area contributed by atoms with Crippen molar-refractivity contribution in [1.82, 2.24) is 0 Å². The molecular weight excluding hydrogens is 581 g/mol. The summed E-state index contributed by atoms with van der Waals surface area (Å²) in [6.45, 7) is 0. The monoisotopic (exact) mass is 601 g/mol. The SMILES string of the molecule is COc1cc(/C=C2\N=C(c3ccc(-c4ccccc4)cc3)OC2=O)cc(I)c1OC(=O)c1ccccc1. The van der Waals surface area contributed by atoms with Gasteiger partial charge in [0.15, 0.2) is 17.2 Å². The van der Waals surface area contributed by atoms with Crippen LogP contribution in [0.4, 0.5) is 0 Å². The zero-order valence-corrected chi connectivity index (χ0v) is 21.8. The number of rotatable bonds is 6. The van der Waals surface area contributed by atoms with Gasteiger partial charge in [-0.2, -0.15) is 0 Å². The minimum Gasteiger partial charge on any atom is -0.493 e. The van der Waals surface area contributed by atoms with E-state index in [-0.39, 0.29) is 11.6 Å². The minimum absolute atomic E-state index is 0.161. The fourth-order valence-corrected chi connectivity index (χ4v) is 4.51. The molecule has 7 heteroatoms. The summed E-state index contributed by atoms with van der Waals surface area (Å²) in [5.74, 6) is -0.137. The molecular formula is C30H20INO5. The van der Waals surface area contributed by atoms with E-state index in [4.69, 9.17) is 14.2 Å². The van der Waals surface area contributed by atoms with Crippen molar-refractivity contribution in [3.63, 3.8) is 0 Å². The third-order valence-electron chi connectivity index (χ3n) is 5.62. The molecule has 0 aromatic heterocycles. The van der Waals surface area contributed by atoms with Crippen molar-refractivity contribution in [3.05, 3.63) is 123 Å². The van der Waals surface area contributed by atoms with Crippen LogP contribution >= 0.6 is 22.6 Å². The number of cyclic esters (lactones) is 1. The molecule has 1 heterocycles. The summed E-state index contributed by atoms with van der Waals surface area (Å²) in [6, 6.07) is 29.9. The summed E-state index contributed by atoms with van der Waals surface area (Å²) >= 11 is 2.06. The van der Waals surface area contributed by atoms with Crippen LogP contribution in [0.15, 0.2) is 108 Å². The second-order valence-corrected chi connectivity index (χ2v) is 9.23. The highest BCUT2D eigenvalue weighted by Crippen LogP contribution is 2.35. The van der Waals surface area contributed by atoms with Crippen molar-refractivity contribution in [2.75, 3.05) is 7.11 Å². The lowest BCUT2D eigenvalue weighted by Gasteiger charge is -2.12. The molecule has 0 spiro atoms. The maximum atomic E-state index is 12.6. The van der Waals surface area contributed by atoms with E-state index in [1.807, 2.05) is 60.7 Å². The molecule has 0 radical (unpaired) electrons. The van der Waals surface area contributed by atoms with Crippen LogP contribution in [0.5, 0.6) is 11.5 Å². The molecule has 0 saturated heterocycles. The lowest BCUT2D eigenvalue weighted by atomic mass is 10.0. The highest BCUT2D eigenvalue weighted by molar-refractivity contribution is 14.1. The predicted molar refractivity (Wildman–Crippen MR) is 150 cm³/mol. The van der Waals surface area contributed by atoms with Gasteiger partial charge in [0.05, 0.1) is 16.2 Å². The molecule has 4 aromatic carbocycles. The van der Waals surface area contributed by atoms with Crippen LogP contribution < -0.4 is 9.47 Å². The van der Waals surface area contributed by atoms with Crippen molar-refractivity contribution in [3.8, 4) is 22.6 Å². The Bertz CT molecular complexity index is 1530. The molecule has 0 atom stereocenters. The van der Waals surface area contributed by atoms with E-state index < -0.39 is 11.9 Å². The van der Waals surface area contributed by atoms with E-state index in [9.17, 15) is 9.59 Å². The highest BCUT2D eigenvalue weighted by Gasteiger charge is 2.25. The van der Waals surface area contributed by atoms with E-state index in [1.165, 1.54) is 7.11 Å². The van der Waals surface area contributed by atoms with Gasteiger partial charge in [-0.25, -0.2) is 14.6 Å². The number of methoxy groups -OCH3 is 1. The molecule has 0 amide bonds. The third-order valence-corrected chi connectivity index (χ3v) is 6.42. The Morgan fingerprint density at radius 1 is 0.865 bits per heavy atom. The predicted octanol–water partition coefficient (Wildman–Crippen LogP) is 6.53. The van der Waals surface area contributed by atoms with Crippen molar-refractivity contribution in [2.45, 2.75) is 0 Å². The number of carbonyl (C=O) groups is 2. The van der Waals surface area contributed by atoms with Crippen LogP contribution in [0, 0.1) is 3.57 Å². The average molecular weight is 601 g/mol. The van der Waals surface area contributed by atoms with Gasteiger partial charge in [-0.15, -0.1) is 0 Å². The number of carbonyl (C=O) groups excluding carboxylic acids is 2. The number of esters is 2. The van der Waals surface area contributed by atoms with E-state index in [0.717, 1.165) is 11.1 Å². The Morgan fingerprint density at radius 3 is 2.16 bits per heavy atom. The highest BCUT2D eigenvalue weighted by atomic mass is 127. The number of benzene rings is 4. The number of hydrogen-bond donors (Lipinski definition) is 0. The molecule has 1 aliphatic heterocycles. The Morgan fingerprint density at radius 2 is 1.49 bits per heavy atom. The van der Waals surface area contributed by atoms with Gasteiger partial charge in [0.25, 0.3) is 0 Å². The average Bonchev–Trinajstić information content (AvgIpc) is 3.30. The first-order valence-corrected chi connectivity index (χ1v) is 12.4. The van der Waals surface area contributed by atoms with Crippen molar-refractivity contribution < 1.29 is 23.8 Å². The summed E-state index contributed by atoms with van der Waals surface area (Å²) in [5, 5.41) is 0. The number of aliphatic imine (C=N–C) groups is 1. The number of halogens is 1. The van der Waals surface area contributed by atoms with Gasteiger partial charge in [0, 0.05) is 5.56 Å². The fraction of sp³-hybridized carbons (Fsp3) is 0.0333. The molecule has 0 unspecified atom stereocenters. The summed E-state index contributed by atoms with van der Waals surface area (Å²) in [4.78, 5) is 29.5. The van der Waals surface area contributed by atoms with Crippen LogP contribution in [0.1, 0.15) is 21.5 Å². The van der Waals surface area contributed by atoms with Gasteiger partial charge >= 0.3 is 11.9 Å². The molecule has 6 nitrogen and oxygen atoms in total. The van der Waals surface area contributed by atoms with Crippen LogP contribution in [0.25, 0.3) is 17.2 Å². The second-order valence-electron chi connectivity index (χ2n) is 8.07. The Balaban J connectivity index is 1.39. The molecule has 37 heavy (non-hydrogen) atoms. The van der Waals surface area contributed by atoms with Crippen molar-refractivity contribution in [2.24, 2.45) is 4.99 Å². The zero-order valence-electron chi connectivity index (χ0n) is 19.7. The second kappa shape index (κ2) is 10.8. The Kier molecular flexibility index (Phi) is 7.14.